The first-order chi connectivity index (χ1) is 14.7. The van der Waals surface area contributed by atoms with Crippen molar-refractivity contribution in [3.8, 4) is 22.4 Å². The van der Waals surface area contributed by atoms with E-state index in [1.54, 1.807) is 12.1 Å². The van der Waals surface area contributed by atoms with Crippen LogP contribution in [0.2, 0.25) is 0 Å². The van der Waals surface area contributed by atoms with Gasteiger partial charge < -0.3 is 4.74 Å². The van der Waals surface area contributed by atoms with Gasteiger partial charge >= 0.3 is 0 Å². The van der Waals surface area contributed by atoms with Crippen LogP contribution in [0.5, 0.6) is 0 Å². The van der Waals surface area contributed by atoms with Crippen molar-refractivity contribution in [3.05, 3.63) is 84.4 Å². The molecule has 0 atom stereocenters. The van der Waals surface area contributed by atoms with Gasteiger partial charge in [0, 0.05) is 36.5 Å². The Hall–Kier alpha value is -3.31. The number of rotatable bonds is 4. The first-order valence-electron chi connectivity index (χ1n) is 10.1. The van der Waals surface area contributed by atoms with E-state index in [-0.39, 0.29) is 17.5 Å². The Morgan fingerprint density at radius 2 is 1.77 bits per heavy atom. The molecule has 0 radical (unpaired) electrons. The number of aromatic nitrogens is 2. The van der Waals surface area contributed by atoms with Crippen LogP contribution in [0.25, 0.3) is 28.0 Å². The second-order valence-electron chi connectivity index (χ2n) is 7.63. The van der Waals surface area contributed by atoms with Gasteiger partial charge in [-0.1, -0.05) is 30.3 Å². The summed E-state index contributed by atoms with van der Waals surface area (Å²) in [6.45, 7) is 1.31. The minimum atomic E-state index is -0.252. The van der Waals surface area contributed by atoms with Crippen molar-refractivity contribution in [2.75, 3.05) is 13.2 Å². The van der Waals surface area contributed by atoms with Crippen LogP contribution in [-0.2, 0) is 4.74 Å². The molecule has 3 heterocycles. The van der Waals surface area contributed by atoms with Crippen LogP contribution in [-0.4, -0.2) is 28.4 Å². The molecule has 4 nitrogen and oxygen atoms in total. The van der Waals surface area contributed by atoms with Crippen molar-refractivity contribution in [2.45, 2.75) is 12.8 Å². The lowest BCUT2D eigenvalue weighted by Gasteiger charge is -2.21. The van der Waals surface area contributed by atoms with Gasteiger partial charge in [0.2, 0.25) is 0 Å². The molecular formula is C25H21FN2O2. The van der Waals surface area contributed by atoms with Crippen LogP contribution < -0.4 is 0 Å². The van der Waals surface area contributed by atoms with Gasteiger partial charge in [-0.2, -0.15) is 0 Å². The molecule has 0 aliphatic carbocycles. The molecule has 1 saturated heterocycles. The van der Waals surface area contributed by atoms with E-state index in [9.17, 15) is 9.18 Å². The highest BCUT2D eigenvalue weighted by Gasteiger charge is 2.23. The quantitative estimate of drug-likeness (QED) is 0.430. The zero-order valence-electron chi connectivity index (χ0n) is 16.4. The molecule has 0 amide bonds. The maximum Gasteiger partial charge on any atom is 0.166 e. The Balaban J connectivity index is 1.47. The van der Waals surface area contributed by atoms with E-state index < -0.39 is 0 Å². The maximum absolute atomic E-state index is 13.2. The van der Waals surface area contributed by atoms with Crippen LogP contribution in [0.15, 0.2) is 73.1 Å². The first kappa shape index (κ1) is 18.7. The molecule has 0 unspecified atom stereocenters. The van der Waals surface area contributed by atoms with E-state index in [2.05, 4.69) is 4.98 Å². The van der Waals surface area contributed by atoms with Crippen LogP contribution in [0.3, 0.4) is 0 Å². The number of ether oxygens (including phenoxy) is 1. The standard InChI is InChI=1S/C25H21FN2O2/c26-22-6-4-17(5-7-22)19-8-11-28-23(16-27-24(28)15-19)20-2-1-3-21(14-20)25(29)18-9-12-30-13-10-18/h1-8,11,14-16,18H,9-10,12-13H2. The number of benzene rings is 2. The number of carbonyl (C=O) groups excluding carboxylic acids is 1. The third-order valence-electron chi connectivity index (χ3n) is 5.73. The number of fused-ring (bicyclic) bond motifs is 1. The Morgan fingerprint density at radius 3 is 2.57 bits per heavy atom. The summed E-state index contributed by atoms with van der Waals surface area (Å²) in [5.74, 6) is -0.0277. The molecule has 0 saturated carbocycles. The summed E-state index contributed by atoms with van der Waals surface area (Å²) in [4.78, 5) is 17.5. The number of hydrogen-bond donors (Lipinski definition) is 0. The number of ketones is 1. The predicted octanol–water partition coefficient (Wildman–Crippen LogP) is 5.42. The molecule has 1 aliphatic rings. The Bertz CT molecular complexity index is 1210. The van der Waals surface area contributed by atoms with Gasteiger partial charge in [0.05, 0.1) is 11.9 Å². The summed E-state index contributed by atoms with van der Waals surface area (Å²) in [5, 5.41) is 0. The number of carbonyl (C=O) groups is 1. The lowest BCUT2D eigenvalue weighted by Crippen LogP contribution is -2.23. The second kappa shape index (κ2) is 7.84. The predicted molar refractivity (Wildman–Crippen MR) is 114 cm³/mol. The molecule has 0 N–H and O–H groups in total. The fourth-order valence-corrected chi connectivity index (χ4v) is 4.04. The van der Waals surface area contributed by atoms with E-state index >= 15 is 0 Å². The first-order valence-corrected chi connectivity index (χ1v) is 10.1. The number of pyridine rings is 1. The lowest BCUT2D eigenvalue weighted by molar-refractivity contribution is 0.0545. The van der Waals surface area contributed by atoms with Crippen LogP contribution >= 0.6 is 0 Å². The zero-order chi connectivity index (χ0) is 20.5. The summed E-state index contributed by atoms with van der Waals surface area (Å²) in [6, 6.07) is 18.2. The van der Waals surface area contributed by atoms with Crippen molar-refractivity contribution < 1.29 is 13.9 Å². The molecule has 5 rings (SSSR count). The van der Waals surface area contributed by atoms with Crippen molar-refractivity contribution in [1.82, 2.24) is 9.38 Å². The van der Waals surface area contributed by atoms with Crippen molar-refractivity contribution >= 4 is 11.4 Å². The number of nitrogens with zero attached hydrogens (tertiary/aromatic N) is 2. The summed E-state index contributed by atoms with van der Waals surface area (Å²) in [6.07, 6.45) is 5.35. The number of imidazole rings is 1. The fraction of sp³-hybridized carbons (Fsp3) is 0.200. The van der Waals surface area contributed by atoms with E-state index in [0.717, 1.165) is 46.4 Å². The normalized spacial score (nSPS) is 14.8. The Morgan fingerprint density at radius 1 is 0.967 bits per heavy atom. The highest BCUT2D eigenvalue weighted by Crippen LogP contribution is 2.27. The largest absolute Gasteiger partial charge is 0.381 e. The van der Waals surface area contributed by atoms with Crippen LogP contribution in [0.4, 0.5) is 4.39 Å². The summed E-state index contributed by atoms with van der Waals surface area (Å²) in [7, 11) is 0. The molecular weight excluding hydrogens is 379 g/mol. The topological polar surface area (TPSA) is 43.6 Å². The fourth-order valence-electron chi connectivity index (χ4n) is 4.04. The minimum absolute atomic E-state index is 0.0365. The third kappa shape index (κ3) is 3.53. The van der Waals surface area contributed by atoms with Gasteiger partial charge in [-0.3, -0.25) is 9.20 Å². The van der Waals surface area contributed by atoms with Gasteiger partial charge in [0.15, 0.2) is 5.78 Å². The van der Waals surface area contributed by atoms with E-state index in [1.165, 1.54) is 12.1 Å². The van der Waals surface area contributed by atoms with Gasteiger partial charge in [-0.15, -0.1) is 0 Å². The lowest BCUT2D eigenvalue weighted by atomic mass is 9.90. The zero-order valence-corrected chi connectivity index (χ0v) is 16.4. The third-order valence-corrected chi connectivity index (χ3v) is 5.73. The van der Waals surface area contributed by atoms with Crippen LogP contribution in [0.1, 0.15) is 23.2 Å². The summed E-state index contributed by atoms with van der Waals surface area (Å²) < 4.78 is 20.6. The molecule has 2 aromatic carbocycles. The van der Waals surface area contributed by atoms with Gasteiger partial charge in [0.1, 0.15) is 11.5 Å². The highest BCUT2D eigenvalue weighted by molar-refractivity contribution is 5.98. The van der Waals surface area contributed by atoms with Crippen LogP contribution in [0, 0.1) is 11.7 Å². The Labute approximate surface area is 174 Å². The molecule has 30 heavy (non-hydrogen) atoms. The minimum Gasteiger partial charge on any atom is -0.381 e. The highest BCUT2D eigenvalue weighted by atomic mass is 19.1. The SMILES string of the molecule is O=C(c1cccc(-c2cnc3cc(-c4ccc(F)cc4)ccn23)c1)C1CCOCC1. The van der Waals surface area contributed by atoms with Gasteiger partial charge in [-0.25, -0.2) is 9.37 Å². The van der Waals surface area contributed by atoms with Gasteiger partial charge in [0.25, 0.3) is 0 Å². The summed E-state index contributed by atoms with van der Waals surface area (Å²) >= 11 is 0. The molecule has 0 bridgehead atoms. The van der Waals surface area contributed by atoms with E-state index in [4.69, 9.17) is 4.74 Å². The number of Topliss-reactive ketones (excluding diaryl/α,β-unsaturated/α-hetero) is 1. The van der Waals surface area contributed by atoms with Crippen molar-refractivity contribution in [1.29, 1.82) is 0 Å². The molecule has 150 valence electrons. The number of halogens is 1. The molecule has 2 aromatic heterocycles. The number of hydrogen-bond acceptors (Lipinski definition) is 3. The molecule has 4 aromatic rings. The monoisotopic (exact) mass is 400 g/mol. The van der Waals surface area contributed by atoms with Crippen molar-refractivity contribution in [3.63, 3.8) is 0 Å². The molecule has 5 heteroatoms. The van der Waals surface area contributed by atoms with Gasteiger partial charge in [-0.05, 0) is 54.3 Å². The maximum atomic E-state index is 13.2. The van der Waals surface area contributed by atoms with Crippen molar-refractivity contribution in [2.24, 2.45) is 5.92 Å². The molecule has 1 fully saturated rings. The molecule has 1 aliphatic heterocycles. The second-order valence-corrected chi connectivity index (χ2v) is 7.63. The molecule has 0 spiro atoms. The summed E-state index contributed by atoms with van der Waals surface area (Å²) in [5.41, 5.74) is 5.33. The smallest absolute Gasteiger partial charge is 0.166 e. The average molecular weight is 400 g/mol. The average Bonchev–Trinajstić information content (AvgIpc) is 3.23. The Kier molecular flexibility index (Phi) is 4.89. The van der Waals surface area contributed by atoms with E-state index in [0.29, 0.717) is 13.2 Å². The van der Waals surface area contributed by atoms with E-state index in [1.807, 2.05) is 53.2 Å².